The Morgan fingerprint density at radius 2 is 2.00 bits per heavy atom. The molecule has 1 fully saturated rings. The molecule has 0 bridgehead atoms. The largest absolute Gasteiger partial charge is 0.491 e. The van der Waals surface area contributed by atoms with E-state index in [0.29, 0.717) is 36.2 Å². The fraction of sp³-hybridized carbons (Fsp3) is 0.636. The van der Waals surface area contributed by atoms with Gasteiger partial charge in [0.1, 0.15) is 22.9 Å². The van der Waals surface area contributed by atoms with E-state index in [1.807, 2.05) is 6.92 Å². The fourth-order valence-corrected chi connectivity index (χ4v) is 4.17. The van der Waals surface area contributed by atoms with Crippen molar-refractivity contribution in [2.24, 2.45) is 13.0 Å². The number of benzene rings is 1. The van der Waals surface area contributed by atoms with Crippen LogP contribution in [0.1, 0.15) is 52.9 Å². The van der Waals surface area contributed by atoms with Gasteiger partial charge < -0.3 is 19.0 Å². The van der Waals surface area contributed by atoms with E-state index in [1.54, 1.807) is 25.5 Å². The molecule has 1 aliphatic rings. The fourth-order valence-electron chi connectivity index (χ4n) is 3.94. The van der Waals surface area contributed by atoms with Crippen LogP contribution in [0.5, 0.6) is 11.8 Å². The molecule has 8 heteroatoms. The number of hydrogen-bond donors (Lipinski definition) is 0. The lowest BCUT2D eigenvalue weighted by molar-refractivity contribution is -0.118. The number of nitrogens with zero attached hydrogens (tertiary/aromatic N) is 2. The molecular weight excluding hydrogens is 411 g/mol. The van der Waals surface area contributed by atoms with Crippen molar-refractivity contribution in [3.8, 4) is 11.8 Å². The molecule has 166 valence electrons. The number of fused-ring (bicyclic) bond motifs is 1. The number of aryl methyl sites for hydroxylation is 1. The molecule has 1 aliphatic carbocycles. The first-order valence-corrected chi connectivity index (χ1v) is 10.9. The lowest BCUT2D eigenvalue weighted by atomic mass is 9.95. The van der Waals surface area contributed by atoms with Gasteiger partial charge in [0, 0.05) is 26.1 Å². The van der Waals surface area contributed by atoms with Crippen LogP contribution in [-0.4, -0.2) is 40.8 Å². The Labute approximate surface area is 181 Å². The molecule has 30 heavy (non-hydrogen) atoms. The van der Waals surface area contributed by atoms with Crippen LogP contribution in [0, 0.1) is 11.7 Å². The van der Waals surface area contributed by atoms with Gasteiger partial charge in [-0.05, 0) is 45.4 Å². The van der Waals surface area contributed by atoms with Gasteiger partial charge in [0.25, 0.3) is 6.01 Å². The van der Waals surface area contributed by atoms with Crippen molar-refractivity contribution in [2.45, 2.75) is 65.1 Å². The molecule has 6 nitrogen and oxygen atoms in total. The number of carbonyl (C=O) groups is 1. The summed E-state index contributed by atoms with van der Waals surface area (Å²) in [7, 11) is 1.71. The maximum atomic E-state index is 14.8. The molecule has 2 aromatic rings. The third-order valence-electron chi connectivity index (χ3n) is 5.41. The third kappa shape index (κ3) is 5.24. The number of rotatable bonds is 9. The number of aromatic nitrogens is 2. The van der Waals surface area contributed by atoms with E-state index in [0.717, 1.165) is 25.7 Å². The quantitative estimate of drug-likeness (QED) is 0.543. The molecule has 0 radical (unpaired) electrons. The van der Waals surface area contributed by atoms with Gasteiger partial charge in [-0.2, -0.15) is 4.98 Å². The smallest absolute Gasteiger partial charge is 0.297 e. The molecule has 1 aromatic carbocycles. The minimum Gasteiger partial charge on any atom is -0.491 e. The second-order valence-electron chi connectivity index (χ2n) is 8.12. The summed E-state index contributed by atoms with van der Waals surface area (Å²) in [5.41, 5.74) is 0.643. The Morgan fingerprint density at radius 1 is 1.33 bits per heavy atom. The predicted octanol–water partition coefficient (Wildman–Crippen LogP) is 5.09. The summed E-state index contributed by atoms with van der Waals surface area (Å²) in [6, 6.07) is 1.80. The Morgan fingerprint density at radius 3 is 2.63 bits per heavy atom. The first kappa shape index (κ1) is 22.8. The van der Waals surface area contributed by atoms with Crippen LogP contribution in [0.3, 0.4) is 0 Å². The van der Waals surface area contributed by atoms with Gasteiger partial charge in [0.05, 0.1) is 17.7 Å². The highest BCUT2D eigenvalue weighted by atomic mass is 35.5. The molecule has 1 saturated carbocycles. The number of halogens is 2. The molecule has 3 rings (SSSR count). The highest BCUT2D eigenvalue weighted by Crippen LogP contribution is 2.35. The summed E-state index contributed by atoms with van der Waals surface area (Å²) in [5.74, 6) is 0.0485. The van der Waals surface area contributed by atoms with E-state index in [-0.39, 0.29) is 35.2 Å². The zero-order valence-electron chi connectivity index (χ0n) is 18.0. The van der Waals surface area contributed by atoms with E-state index in [2.05, 4.69) is 4.98 Å². The van der Waals surface area contributed by atoms with Gasteiger partial charge in [-0.15, -0.1) is 0 Å². The molecule has 1 atom stereocenters. The van der Waals surface area contributed by atoms with Gasteiger partial charge in [-0.25, -0.2) is 4.39 Å². The molecule has 0 spiro atoms. The van der Waals surface area contributed by atoms with E-state index in [4.69, 9.17) is 25.8 Å². The minimum atomic E-state index is -0.488. The lowest BCUT2D eigenvalue weighted by Crippen LogP contribution is -2.30. The molecule has 0 saturated heterocycles. The monoisotopic (exact) mass is 440 g/mol. The van der Waals surface area contributed by atoms with Crippen LogP contribution >= 0.6 is 11.6 Å². The topological polar surface area (TPSA) is 62.6 Å². The third-order valence-corrected chi connectivity index (χ3v) is 5.70. The second-order valence-corrected chi connectivity index (χ2v) is 8.52. The highest BCUT2D eigenvalue weighted by Gasteiger charge is 2.26. The molecule has 0 N–H and O–H groups in total. The van der Waals surface area contributed by atoms with Crippen molar-refractivity contribution >= 4 is 28.4 Å². The molecular formula is C22H30ClFN2O4. The number of ether oxygens (including phenoxy) is 3. The zero-order chi connectivity index (χ0) is 21.8. The van der Waals surface area contributed by atoms with E-state index in [9.17, 15) is 9.18 Å². The first-order chi connectivity index (χ1) is 14.3. The van der Waals surface area contributed by atoms with Crippen molar-refractivity contribution < 1.29 is 23.4 Å². The second kappa shape index (κ2) is 9.96. The Balaban J connectivity index is 1.61. The van der Waals surface area contributed by atoms with Crippen molar-refractivity contribution in [1.29, 1.82) is 0 Å². The highest BCUT2D eigenvalue weighted by molar-refractivity contribution is 6.35. The zero-order valence-corrected chi connectivity index (χ0v) is 18.8. The van der Waals surface area contributed by atoms with E-state index < -0.39 is 5.82 Å². The minimum absolute atomic E-state index is 0.0109. The lowest BCUT2D eigenvalue weighted by Gasteiger charge is -2.29. The number of Topliss-reactive ketones (excluding diaryl/α,β-unsaturated/α-hetero) is 1. The Kier molecular flexibility index (Phi) is 7.58. The van der Waals surface area contributed by atoms with Gasteiger partial charge in [-0.3, -0.25) is 4.57 Å². The van der Waals surface area contributed by atoms with Crippen LogP contribution < -0.4 is 9.47 Å². The maximum Gasteiger partial charge on any atom is 0.297 e. The van der Waals surface area contributed by atoms with Gasteiger partial charge in [0.15, 0.2) is 11.6 Å². The van der Waals surface area contributed by atoms with E-state index >= 15 is 0 Å². The number of hydrogen-bond acceptors (Lipinski definition) is 5. The van der Waals surface area contributed by atoms with Crippen molar-refractivity contribution in [3.05, 3.63) is 16.9 Å². The summed E-state index contributed by atoms with van der Waals surface area (Å²) in [5, 5.41) is 0.331. The summed E-state index contributed by atoms with van der Waals surface area (Å²) < 4.78 is 33.8. The molecule has 1 heterocycles. The number of ketones is 1. The Hall–Kier alpha value is -1.86. The van der Waals surface area contributed by atoms with Crippen LogP contribution in [0.15, 0.2) is 6.07 Å². The van der Waals surface area contributed by atoms with Crippen molar-refractivity contribution in [1.82, 2.24) is 9.55 Å². The summed E-state index contributed by atoms with van der Waals surface area (Å²) >= 11 is 6.29. The van der Waals surface area contributed by atoms with Crippen LogP contribution in [0.4, 0.5) is 4.39 Å². The van der Waals surface area contributed by atoms with Crippen molar-refractivity contribution in [3.63, 3.8) is 0 Å². The van der Waals surface area contributed by atoms with Crippen LogP contribution in [0.25, 0.3) is 11.0 Å². The Bertz CT molecular complexity index is 893. The average Bonchev–Trinajstić information content (AvgIpc) is 3.02. The standard InChI is InChI=1S/C22H30ClFN2O4/c1-5-28-18-11-17(23)20-21(19(18)24)26(4)22(25-20)30-16-8-6-15(7-9-16)29-12-13(2)10-14(3)27/h11,13,15-16H,5-10,12H2,1-4H3/t13-,15?,16?/m1/s1. The molecule has 0 amide bonds. The summed E-state index contributed by atoms with van der Waals surface area (Å²) in [6.45, 7) is 6.37. The molecule has 0 unspecified atom stereocenters. The van der Waals surface area contributed by atoms with Gasteiger partial charge >= 0.3 is 0 Å². The number of imidazole rings is 1. The molecule has 0 aliphatic heterocycles. The predicted molar refractivity (Wildman–Crippen MR) is 114 cm³/mol. The molecule has 1 aromatic heterocycles. The van der Waals surface area contributed by atoms with E-state index in [1.165, 1.54) is 6.07 Å². The van der Waals surface area contributed by atoms with Gasteiger partial charge in [-0.1, -0.05) is 18.5 Å². The SMILES string of the molecule is CCOc1cc(Cl)c2nc(OC3CCC(OC[C@H](C)CC(C)=O)CC3)n(C)c2c1F. The first-order valence-electron chi connectivity index (χ1n) is 10.5. The average molecular weight is 441 g/mol. The number of carbonyl (C=O) groups excluding carboxylic acids is 1. The van der Waals surface area contributed by atoms with Crippen LogP contribution in [0.2, 0.25) is 5.02 Å². The normalized spacial score (nSPS) is 20.3. The maximum absolute atomic E-state index is 14.8. The summed E-state index contributed by atoms with van der Waals surface area (Å²) in [4.78, 5) is 15.6. The van der Waals surface area contributed by atoms with Crippen molar-refractivity contribution in [2.75, 3.05) is 13.2 Å². The summed E-state index contributed by atoms with van der Waals surface area (Å²) in [6.07, 6.45) is 4.14. The van der Waals surface area contributed by atoms with Crippen LogP contribution in [-0.2, 0) is 16.6 Å². The van der Waals surface area contributed by atoms with Gasteiger partial charge in [0.2, 0.25) is 0 Å².